The number of benzene rings is 2. The van der Waals surface area contributed by atoms with Crippen LogP contribution in [0.4, 0.5) is 4.39 Å². The maximum Gasteiger partial charge on any atom is 0.259 e. The average molecular weight is 554 g/mol. The molecule has 1 aliphatic rings. The molecular formula is C29H32FN3O5S. The number of likely N-dealkylation sites (N-methyl/N-ethyl adjacent to an activating group) is 1. The van der Waals surface area contributed by atoms with Crippen molar-refractivity contribution in [1.82, 2.24) is 14.2 Å². The summed E-state index contributed by atoms with van der Waals surface area (Å²) in [5.41, 5.74) is 1.87. The van der Waals surface area contributed by atoms with Gasteiger partial charge in [-0.3, -0.25) is 4.79 Å². The number of carbonyl (C=O) groups excluding carboxylic acids is 1. The highest BCUT2D eigenvalue weighted by Crippen LogP contribution is 2.29. The van der Waals surface area contributed by atoms with Gasteiger partial charge in [0, 0.05) is 25.7 Å². The van der Waals surface area contributed by atoms with E-state index < -0.39 is 32.9 Å². The third kappa shape index (κ3) is 6.35. The first-order valence-electron chi connectivity index (χ1n) is 12.6. The van der Waals surface area contributed by atoms with Gasteiger partial charge in [-0.2, -0.15) is 4.31 Å². The lowest BCUT2D eigenvalue weighted by Gasteiger charge is -2.37. The molecule has 8 nitrogen and oxygen atoms in total. The lowest BCUT2D eigenvalue weighted by Crippen LogP contribution is -2.50. The molecule has 0 fully saturated rings. The molecule has 0 aliphatic carbocycles. The Kier molecular flexibility index (Phi) is 8.79. The number of halogens is 1. The van der Waals surface area contributed by atoms with Crippen LogP contribution in [0.25, 0.3) is 12.2 Å². The summed E-state index contributed by atoms with van der Waals surface area (Å²) in [6.07, 6.45) is 4.60. The van der Waals surface area contributed by atoms with Gasteiger partial charge in [0.05, 0.1) is 19.2 Å². The van der Waals surface area contributed by atoms with Gasteiger partial charge >= 0.3 is 0 Å². The van der Waals surface area contributed by atoms with Crippen molar-refractivity contribution in [2.45, 2.75) is 30.9 Å². The van der Waals surface area contributed by atoms with E-state index in [4.69, 9.17) is 4.74 Å². The number of amides is 1. The average Bonchev–Trinajstić information content (AvgIpc) is 2.94. The van der Waals surface area contributed by atoms with Crippen molar-refractivity contribution in [3.05, 3.63) is 89.4 Å². The van der Waals surface area contributed by atoms with Gasteiger partial charge in [0.1, 0.15) is 22.4 Å². The minimum absolute atomic E-state index is 0.0697. The number of sulfonamides is 1. The van der Waals surface area contributed by atoms with E-state index in [1.165, 1.54) is 25.2 Å². The number of nitrogens with zero attached hydrogens (tertiary/aromatic N) is 3. The normalized spacial score (nSPS) is 18.9. The molecule has 0 saturated heterocycles. The van der Waals surface area contributed by atoms with Crippen molar-refractivity contribution >= 4 is 28.1 Å². The Bertz CT molecular complexity index is 1450. The van der Waals surface area contributed by atoms with Gasteiger partial charge in [-0.05, 0) is 36.2 Å². The second-order valence-corrected chi connectivity index (χ2v) is 11.7. The Labute approximate surface area is 228 Å². The molecule has 1 aliphatic heterocycles. The number of aromatic nitrogens is 1. The van der Waals surface area contributed by atoms with Crippen LogP contribution < -0.4 is 4.74 Å². The highest BCUT2D eigenvalue weighted by molar-refractivity contribution is 7.89. The third-order valence-electron chi connectivity index (χ3n) is 6.77. The predicted molar refractivity (Wildman–Crippen MR) is 147 cm³/mol. The van der Waals surface area contributed by atoms with Crippen molar-refractivity contribution in [2.75, 3.05) is 26.7 Å². The zero-order valence-electron chi connectivity index (χ0n) is 22.1. The van der Waals surface area contributed by atoms with Crippen LogP contribution in [0, 0.1) is 11.7 Å². The minimum Gasteiger partial charge on any atom is -0.472 e. The minimum atomic E-state index is -4.15. The van der Waals surface area contributed by atoms with Crippen molar-refractivity contribution in [3.63, 3.8) is 0 Å². The molecule has 206 valence electrons. The summed E-state index contributed by atoms with van der Waals surface area (Å²) in [5.74, 6) is -1.45. The van der Waals surface area contributed by atoms with E-state index in [0.717, 1.165) is 15.9 Å². The monoisotopic (exact) mass is 553 g/mol. The van der Waals surface area contributed by atoms with Crippen molar-refractivity contribution < 1.29 is 27.4 Å². The van der Waals surface area contributed by atoms with Crippen LogP contribution in [0.1, 0.15) is 35.3 Å². The van der Waals surface area contributed by atoms with Crippen LogP contribution in [0.5, 0.6) is 5.88 Å². The largest absolute Gasteiger partial charge is 0.472 e. The van der Waals surface area contributed by atoms with E-state index in [1.54, 1.807) is 24.1 Å². The highest BCUT2D eigenvalue weighted by atomic mass is 32.2. The molecule has 4 rings (SSSR count). The van der Waals surface area contributed by atoms with E-state index in [1.807, 2.05) is 49.4 Å². The molecule has 2 aromatic carbocycles. The van der Waals surface area contributed by atoms with Crippen LogP contribution in [0.2, 0.25) is 0 Å². The highest BCUT2D eigenvalue weighted by Gasteiger charge is 2.36. The fraction of sp³-hybridized carbons (Fsp3) is 0.310. The molecule has 0 spiro atoms. The number of carbonyl (C=O) groups is 1. The quantitative estimate of drug-likeness (QED) is 0.454. The Balaban J connectivity index is 1.68. The summed E-state index contributed by atoms with van der Waals surface area (Å²) in [5, 5.41) is 9.86. The Morgan fingerprint density at radius 1 is 1.15 bits per heavy atom. The number of aliphatic hydroxyl groups is 1. The maximum atomic E-state index is 14.3. The third-order valence-corrected chi connectivity index (χ3v) is 8.63. The number of hydrogen-bond acceptors (Lipinski definition) is 6. The first-order valence-corrected chi connectivity index (χ1v) is 14.1. The second-order valence-electron chi connectivity index (χ2n) is 9.70. The number of aliphatic hydroxyl groups excluding tert-OH is 1. The van der Waals surface area contributed by atoms with Gasteiger partial charge in [0.2, 0.25) is 15.9 Å². The van der Waals surface area contributed by atoms with Gasteiger partial charge in [-0.25, -0.2) is 17.8 Å². The predicted octanol–water partition coefficient (Wildman–Crippen LogP) is 3.93. The Morgan fingerprint density at radius 3 is 2.51 bits per heavy atom. The van der Waals surface area contributed by atoms with Crippen LogP contribution in [0.3, 0.4) is 0 Å². The SMILES string of the molecule is C[C@H]1CN([C@@H](C)CO)C(=O)c2cc(/C=C/c3ccccc3)cnc2O[C@@H]1CN(C)S(=O)(=O)c1ccccc1F. The van der Waals surface area contributed by atoms with Crippen molar-refractivity contribution in [1.29, 1.82) is 0 Å². The van der Waals surface area contributed by atoms with Crippen molar-refractivity contribution in [3.8, 4) is 5.88 Å². The first kappa shape index (κ1) is 28.4. The van der Waals surface area contributed by atoms with Gasteiger partial charge in [0.25, 0.3) is 5.91 Å². The summed E-state index contributed by atoms with van der Waals surface area (Å²) >= 11 is 0. The van der Waals surface area contributed by atoms with E-state index in [0.29, 0.717) is 5.56 Å². The molecule has 1 N–H and O–H groups in total. The van der Waals surface area contributed by atoms with Crippen LogP contribution >= 0.6 is 0 Å². The Morgan fingerprint density at radius 2 is 1.82 bits per heavy atom. The summed E-state index contributed by atoms with van der Waals surface area (Å²) in [6, 6.07) is 16.1. The lowest BCUT2D eigenvalue weighted by atomic mass is 10.00. The molecule has 0 radical (unpaired) electrons. The molecule has 0 unspecified atom stereocenters. The standard InChI is InChI=1S/C29H32FN3O5S/c1-20-17-33(21(2)19-34)29(35)24-15-23(14-13-22-9-5-4-6-10-22)16-31-28(24)38-26(20)18-32(3)39(36,37)27-12-8-7-11-25(27)30/h4-16,20-21,26,34H,17-19H2,1-3H3/b14-13+/t20-,21-,26+/m0/s1. The molecule has 3 aromatic rings. The fourth-order valence-electron chi connectivity index (χ4n) is 4.36. The van der Waals surface area contributed by atoms with E-state index in [2.05, 4.69) is 4.98 Å². The molecular weight excluding hydrogens is 521 g/mol. The van der Waals surface area contributed by atoms with Gasteiger partial charge < -0.3 is 14.7 Å². The van der Waals surface area contributed by atoms with Crippen LogP contribution in [-0.2, 0) is 10.0 Å². The zero-order chi connectivity index (χ0) is 28.2. The molecule has 1 aromatic heterocycles. The van der Waals surface area contributed by atoms with Gasteiger partial charge in [0.15, 0.2) is 0 Å². The topological polar surface area (TPSA) is 100 Å². The molecule has 0 bridgehead atoms. The first-order chi connectivity index (χ1) is 18.6. The number of fused-ring (bicyclic) bond motifs is 1. The summed E-state index contributed by atoms with van der Waals surface area (Å²) < 4.78 is 47.9. The fourth-order valence-corrected chi connectivity index (χ4v) is 5.60. The maximum absolute atomic E-state index is 14.3. The number of pyridine rings is 1. The zero-order valence-corrected chi connectivity index (χ0v) is 22.9. The second kappa shape index (κ2) is 12.1. The molecule has 3 atom stereocenters. The van der Waals surface area contributed by atoms with Crippen LogP contribution in [-0.4, -0.2) is 72.5 Å². The van der Waals surface area contributed by atoms with E-state index in [9.17, 15) is 22.7 Å². The molecule has 10 heteroatoms. The van der Waals surface area contributed by atoms with Crippen molar-refractivity contribution in [2.24, 2.45) is 5.92 Å². The Hall–Kier alpha value is -3.60. The summed E-state index contributed by atoms with van der Waals surface area (Å²) in [6.45, 7) is 3.43. The number of rotatable bonds is 8. The molecule has 0 saturated carbocycles. The number of ether oxygens (including phenoxy) is 1. The van der Waals surface area contributed by atoms with E-state index in [-0.39, 0.29) is 43.0 Å². The van der Waals surface area contributed by atoms with Gasteiger partial charge in [-0.15, -0.1) is 0 Å². The molecule has 1 amide bonds. The van der Waals surface area contributed by atoms with Crippen LogP contribution in [0.15, 0.2) is 71.8 Å². The lowest BCUT2D eigenvalue weighted by molar-refractivity contribution is 0.0373. The molecule has 39 heavy (non-hydrogen) atoms. The van der Waals surface area contributed by atoms with Gasteiger partial charge in [-0.1, -0.05) is 61.5 Å². The summed E-state index contributed by atoms with van der Waals surface area (Å²) in [7, 11) is -2.79. The summed E-state index contributed by atoms with van der Waals surface area (Å²) in [4.78, 5) is 19.1. The number of hydrogen-bond donors (Lipinski definition) is 1. The smallest absolute Gasteiger partial charge is 0.259 e. The molecule has 2 heterocycles. The van der Waals surface area contributed by atoms with E-state index >= 15 is 0 Å².